The summed E-state index contributed by atoms with van der Waals surface area (Å²) in [7, 11) is 0. The number of thiazole rings is 1. The van der Waals surface area contributed by atoms with Crippen molar-refractivity contribution in [2.45, 2.75) is 29.7 Å². The number of rotatable bonds is 5. The van der Waals surface area contributed by atoms with Crippen molar-refractivity contribution >= 4 is 84.1 Å². The third-order valence-electron chi connectivity index (χ3n) is 7.06. The van der Waals surface area contributed by atoms with E-state index in [0.29, 0.717) is 21.3 Å². The fourth-order valence-corrected chi connectivity index (χ4v) is 8.66. The quantitative estimate of drug-likeness (QED) is 0.252. The Morgan fingerprint density at radius 1 is 0.925 bits per heavy atom. The first-order valence-corrected chi connectivity index (χ1v) is 15.7. The summed E-state index contributed by atoms with van der Waals surface area (Å²) in [5.74, 6) is -2.19. The van der Waals surface area contributed by atoms with Crippen molar-refractivity contribution in [3.63, 3.8) is 0 Å². The molecular formula is C29H21Br2N3O4S2. The van der Waals surface area contributed by atoms with E-state index in [4.69, 9.17) is 0 Å². The molecule has 1 saturated heterocycles. The molecule has 3 aromatic carbocycles. The number of aromatic nitrogens is 1. The van der Waals surface area contributed by atoms with Crippen LogP contribution in [-0.4, -0.2) is 27.5 Å². The van der Waals surface area contributed by atoms with Gasteiger partial charge in [0.25, 0.3) is 0 Å². The fraction of sp³-hybridized carbons (Fsp3) is 0.172. The van der Waals surface area contributed by atoms with Crippen LogP contribution in [-0.2, 0) is 20.9 Å². The summed E-state index contributed by atoms with van der Waals surface area (Å²) < 4.78 is 3.09. The van der Waals surface area contributed by atoms with Crippen molar-refractivity contribution in [2.75, 3.05) is 10.2 Å². The van der Waals surface area contributed by atoms with E-state index in [2.05, 4.69) is 37.2 Å². The van der Waals surface area contributed by atoms with Crippen LogP contribution < -0.4 is 15.1 Å². The second-order valence-corrected chi connectivity index (χ2v) is 13.5. The predicted molar refractivity (Wildman–Crippen MR) is 164 cm³/mol. The Morgan fingerprint density at radius 2 is 1.68 bits per heavy atom. The third-order valence-corrected chi connectivity index (χ3v) is 10.7. The van der Waals surface area contributed by atoms with Crippen LogP contribution in [0.1, 0.15) is 21.9 Å². The number of hydrogen-bond acceptors (Lipinski definition) is 6. The molecular weight excluding hydrogens is 678 g/mol. The minimum atomic E-state index is -0.743. The van der Waals surface area contributed by atoms with Gasteiger partial charge in [-0.05, 0) is 60.5 Å². The van der Waals surface area contributed by atoms with Gasteiger partial charge < -0.3 is 5.32 Å². The number of anilines is 2. The van der Waals surface area contributed by atoms with E-state index in [1.54, 1.807) is 30.3 Å². The maximum absolute atomic E-state index is 13.9. The number of imide groups is 1. The van der Waals surface area contributed by atoms with E-state index in [1.807, 2.05) is 49.4 Å². The molecule has 2 aliphatic rings. The molecule has 3 amide bonds. The number of aryl methyl sites for hydroxylation is 1. The van der Waals surface area contributed by atoms with Crippen molar-refractivity contribution in [1.29, 1.82) is 0 Å². The molecule has 0 aliphatic carbocycles. The van der Waals surface area contributed by atoms with Gasteiger partial charge in [0, 0.05) is 25.4 Å². The van der Waals surface area contributed by atoms with Crippen LogP contribution in [0.25, 0.3) is 0 Å². The number of para-hydroxylation sites is 1. The number of nitrogens with zero attached hydrogens (tertiary/aromatic N) is 2. The summed E-state index contributed by atoms with van der Waals surface area (Å²) >= 11 is 9.16. The maximum Gasteiger partial charge on any atom is 0.308 e. The first kappa shape index (κ1) is 27.2. The number of carbonyl (C=O) groups excluding carboxylic acids is 3. The maximum atomic E-state index is 13.9. The number of carbonyl (C=O) groups is 3. The Kier molecular flexibility index (Phi) is 7.32. The van der Waals surface area contributed by atoms with Crippen LogP contribution in [0.3, 0.4) is 0 Å². The minimum absolute atomic E-state index is 0.201. The van der Waals surface area contributed by atoms with Gasteiger partial charge in [-0.25, -0.2) is 4.90 Å². The van der Waals surface area contributed by atoms with Crippen LogP contribution in [0, 0.1) is 12.8 Å². The normalized spacial score (nSPS) is 19.9. The SMILES string of the molecule is Cc1ccccc1NC(=O)Cn1c2c(sc1=O)[C@@H](c1cccc(Br)c1)[C@@H]1C(=O)N(c3ccc(Br)cc3)C(=O)[C@@H]1S2. The van der Waals surface area contributed by atoms with Gasteiger partial charge in [0.2, 0.25) is 17.7 Å². The molecule has 0 unspecified atom stereocenters. The molecule has 11 heteroatoms. The molecule has 7 nitrogen and oxygen atoms in total. The molecule has 6 rings (SSSR count). The van der Waals surface area contributed by atoms with Gasteiger partial charge in [0.1, 0.15) is 11.8 Å². The van der Waals surface area contributed by atoms with Crippen molar-refractivity contribution < 1.29 is 14.4 Å². The number of halogens is 2. The minimum Gasteiger partial charge on any atom is -0.324 e. The highest BCUT2D eigenvalue weighted by molar-refractivity contribution is 9.10. The topological polar surface area (TPSA) is 88.5 Å². The Balaban J connectivity index is 1.42. The molecule has 1 fully saturated rings. The molecule has 0 bridgehead atoms. The molecule has 0 saturated carbocycles. The van der Waals surface area contributed by atoms with Crippen molar-refractivity contribution in [3.8, 4) is 0 Å². The van der Waals surface area contributed by atoms with E-state index in [0.717, 1.165) is 31.4 Å². The van der Waals surface area contributed by atoms with E-state index >= 15 is 0 Å². The molecule has 202 valence electrons. The van der Waals surface area contributed by atoms with Gasteiger partial charge >= 0.3 is 4.87 Å². The number of hydrogen-bond donors (Lipinski definition) is 1. The van der Waals surface area contributed by atoms with Crippen molar-refractivity contribution in [3.05, 3.63) is 107 Å². The second-order valence-electron chi connectivity index (χ2n) is 9.57. The zero-order valence-electron chi connectivity index (χ0n) is 21.0. The van der Waals surface area contributed by atoms with Crippen LogP contribution >= 0.6 is 55.0 Å². The van der Waals surface area contributed by atoms with E-state index in [9.17, 15) is 19.2 Å². The average molecular weight is 699 g/mol. The van der Waals surface area contributed by atoms with Gasteiger partial charge in [-0.2, -0.15) is 0 Å². The van der Waals surface area contributed by atoms with Crippen LogP contribution in [0.2, 0.25) is 0 Å². The van der Waals surface area contributed by atoms with Crippen LogP contribution in [0.15, 0.2) is 91.6 Å². The number of thioether (sulfide) groups is 1. The Morgan fingerprint density at radius 3 is 2.40 bits per heavy atom. The lowest BCUT2D eigenvalue weighted by Crippen LogP contribution is -2.33. The monoisotopic (exact) mass is 697 g/mol. The number of amides is 3. The largest absolute Gasteiger partial charge is 0.324 e. The summed E-state index contributed by atoms with van der Waals surface area (Å²) in [4.78, 5) is 55.8. The number of benzene rings is 3. The molecule has 3 heterocycles. The van der Waals surface area contributed by atoms with Gasteiger partial charge in [0.15, 0.2) is 0 Å². The zero-order valence-corrected chi connectivity index (χ0v) is 25.8. The highest BCUT2D eigenvalue weighted by Crippen LogP contribution is 2.54. The molecule has 0 spiro atoms. The van der Waals surface area contributed by atoms with Crippen LogP contribution in [0.4, 0.5) is 11.4 Å². The molecule has 40 heavy (non-hydrogen) atoms. The van der Waals surface area contributed by atoms with E-state index < -0.39 is 17.1 Å². The van der Waals surface area contributed by atoms with Crippen molar-refractivity contribution in [2.24, 2.45) is 5.92 Å². The van der Waals surface area contributed by atoms with Crippen LogP contribution in [0.5, 0.6) is 0 Å². The summed E-state index contributed by atoms with van der Waals surface area (Å²) in [6.45, 7) is 1.69. The molecule has 1 N–H and O–H groups in total. The smallest absolute Gasteiger partial charge is 0.308 e. The Labute approximate surface area is 254 Å². The lowest BCUT2D eigenvalue weighted by molar-refractivity contribution is -0.122. The summed E-state index contributed by atoms with van der Waals surface area (Å²) in [6.07, 6.45) is 0. The number of fused-ring (bicyclic) bond motifs is 2. The first-order chi connectivity index (χ1) is 19.2. The lowest BCUT2D eigenvalue weighted by Gasteiger charge is -2.30. The first-order valence-electron chi connectivity index (χ1n) is 12.4. The summed E-state index contributed by atoms with van der Waals surface area (Å²) in [5.41, 5.74) is 2.90. The Hall–Kier alpha value is -2.99. The molecule has 1 aromatic heterocycles. The molecule has 3 atom stereocenters. The van der Waals surface area contributed by atoms with Gasteiger partial charge in [-0.15, -0.1) is 0 Å². The second kappa shape index (κ2) is 10.8. The lowest BCUT2D eigenvalue weighted by atomic mass is 9.83. The molecule has 4 aromatic rings. The molecule has 2 aliphatic heterocycles. The average Bonchev–Trinajstić information content (AvgIpc) is 3.36. The summed E-state index contributed by atoms with van der Waals surface area (Å²) in [6, 6.07) is 22.1. The highest BCUT2D eigenvalue weighted by atomic mass is 79.9. The zero-order chi connectivity index (χ0) is 28.1. The molecule has 0 radical (unpaired) electrons. The number of nitrogens with one attached hydrogen (secondary N) is 1. The van der Waals surface area contributed by atoms with E-state index in [-0.39, 0.29) is 29.1 Å². The van der Waals surface area contributed by atoms with Crippen molar-refractivity contribution in [1.82, 2.24) is 4.57 Å². The standard InChI is InChI=1S/C29H21Br2N3O4S2/c1-15-5-2-3-8-20(15)32-21(35)14-33-28-25(40-29(33)38)22(16-6-4-7-18(31)13-16)23-24(39-28)27(37)34(26(23)36)19-11-9-17(30)10-12-19/h2-13,22-24H,14H2,1H3,(H,32,35)/t22-,23-,24+/m0/s1. The van der Waals surface area contributed by atoms with Gasteiger partial charge in [0.05, 0.1) is 16.6 Å². The Bertz CT molecular complexity index is 1730. The highest BCUT2D eigenvalue weighted by Gasteiger charge is 2.56. The van der Waals surface area contributed by atoms with Gasteiger partial charge in [-0.3, -0.25) is 23.7 Å². The summed E-state index contributed by atoms with van der Waals surface area (Å²) in [5, 5.41) is 2.70. The van der Waals surface area contributed by atoms with E-state index in [1.165, 1.54) is 21.2 Å². The predicted octanol–water partition coefficient (Wildman–Crippen LogP) is 6.18. The van der Waals surface area contributed by atoms with Gasteiger partial charge in [-0.1, -0.05) is 85.3 Å². The third kappa shape index (κ3) is 4.78. The fourth-order valence-electron chi connectivity index (χ4n) is 5.21.